The minimum Gasteiger partial charge on any atom is -0.391 e. The summed E-state index contributed by atoms with van der Waals surface area (Å²) < 4.78 is 0. The zero-order valence-corrected chi connectivity index (χ0v) is 9.01. The number of thiophene rings is 1. The Morgan fingerprint density at radius 3 is 2.58 bits per heavy atom. The van der Waals surface area contributed by atoms with Crippen molar-refractivity contribution in [2.45, 2.75) is 32.6 Å². The summed E-state index contributed by atoms with van der Waals surface area (Å²) in [6.45, 7) is 2.22. The zero-order chi connectivity index (χ0) is 8.10. The second-order valence-corrected chi connectivity index (χ2v) is 3.96. The van der Waals surface area contributed by atoms with E-state index in [1.165, 1.54) is 30.6 Å². The molecule has 1 aromatic rings. The number of hydrogen-bond acceptors (Lipinski definition) is 2. The first-order valence-corrected chi connectivity index (χ1v) is 4.98. The predicted octanol–water partition coefficient (Wildman–Crippen LogP) is 3.48. The molecule has 0 aliphatic carbocycles. The van der Waals surface area contributed by atoms with Crippen molar-refractivity contribution in [3.05, 3.63) is 17.0 Å². The Hall–Kier alpha value is -0.210. The van der Waals surface area contributed by atoms with Crippen molar-refractivity contribution < 1.29 is 0 Å². The minimum atomic E-state index is 0. The van der Waals surface area contributed by atoms with Crippen molar-refractivity contribution in [2.75, 3.05) is 5.73 Å². The Balaban J connectivity index is 0.00000121. The van der Waals surface area contributed by atoms with Crippen LogP contribution in [0.25, 0.3) is 0 Å². The molecular formula is C9H16ClNS. The van der Waals surface area contributed by atoms with Crippen LogP contribution in [0.15, 0.2) is 12.1 Å². The van der Waals surface area contributed by atoms with Gasteiger partial charge in [-0.2, -0.15) is 0 Å². The lowest BCUT2D eigenvalue weighted by molar-refractivity contribution is 0.722. The van der Waals surface area contributed by atoms with Crippen LogP contribution in [0.1, 0.15) is 31.1 Å². The molecule has 0 aliphatic rings. The Labute approximate surface area is 84.4 Å². The molecule has 0 aromatic carbocycles. The fourth-order valence-corrected chi connectivity index (χ4v) is 1.90. The number of aryl methyl sites for hydroxylation is 1. The van der Waals surface area contributed by atoms with Crippen molar-refractivity contribution in [3.63, 3.8) is 0 Å². The van der Waals surface area contributed by atoms with E-state index in [2.05, 4.69) is 13.0 Å². The molecule has 0 fully saturated rings. The monoisotopic (exact) mass is 205 g/mol. The molecule has 0 saturated heterocycles. The molecule has 0 unspecified atom stereocenters. The number of nitrogen functional groups attached to an aromatic ring is 1. The molecule has 12 heavy (non-hydrogen) atoms. The second-order valence-electron chi connectivity index (χ2n) is 2.76. The van der Waals surface area contributed by atoms with Crippen molar-refractivity contribution >= 4 is 28.7 Å². The van der Waals surface area contributed by atoms with Crippen LogP contribution in [0, 0.1) is 0 Å². The Kier molecular flexibility index (Phi) is 6.21. The van der Waals surface area contributed by atoms with E-state index in [1.807, 2.05) is 6.07 Å². The molecule has 0 bridgehead atoms. The highest BCUT2D eigenvalue weighted by Gasteiger charge is 1.95. The molecule has 0 aliphatic heterocycles. The first-order chi connectivity index (χ1) is 5.33. The number of hydrogen-bond donors (Lipinski definition) is 1. The summed E-state index contributed by atoms with van der Waals surface area (Å²) in [7, 11) is 0. The average Bonchev–Trinajstić information content (AvgIpc) is 2.37. The molecule has 0 spiro atoms. The van der Waals surface area contributed by atoms with Crippen LogP contribution >= 0.6 is 23.7 Å². The summed E-state index contributed by atoms with van der Waals surface area (Å²) >= 11 is 1.72. The number of nitrogens with two attached hydrogens (primary N) is 1. The third-order valence-electron chi connectivity index (χ3n) is 1.71. The summed E-state index contributed by atoms with van der Waals surface area (Å²) in [6, 6.07) is 4.13. The molecule has 1 heterocycles. The van der Waals surface area contributed by atoms with Gasteiger partial charge in [-0.05, 0) is 25.0 Å². The smallest absolute Gasteiger partial charge is 0.0859 e. The molecule has 70 valence electrons. The van der Waals surface area contributed by atoms with Crippen LogP contribution < -0.4 is 5.73 Å². The van der Waals surface area contributed by atoms with Crippen LogP contribution in [-0.4, -0.2) is 0 Å². The van der Waals surface area contributed by atoms with Crippen LogP contribution in [0.2, 0.25) is 0 Å². The van der Waals surface area contributed by atoms with E-state index in [1.54, 1.807) is 11.3 Å². The van der Waals surface area contributed by atoms with Gasteiger partial charge in [-0.15, -0.1) is 23.7 Å². The highest BCUT2D eigenvalue weighted by Crippen LogP contribution is 2.20. The van der Waals surface area contributed by atoms with Gasteiger partial charge in [0.15, 0.2) is 0 Å². The molecule has 0 saturated carbocycles. The van der Waals surface area contributed by atoms with Crippen LogP contribution in [-0.2, 0) is 6.42 Å². The molecule has 1 rings (SSSR count). The number of halogens is 1. The molecule has 0 atom stereocenters. The van der Waals surface area contributed by atoms with E-state index in [0.717, 1.165) is 5.00 Å². The van der Waals surface area contributed by atoms with E-state index < -0.39 is 0 Å². The second kappa shape index (κ2) is 6.32. The van der Waals surface area contributed by atoms with E-state index in [-0.39, 0.29) is 12.4 Å². The van der Waals surface area contributed by atoms with Gasteiger partial charge in [-0.25, -0.2) is 0 Å². The topological polar surface area (TPSA) is 26.0 Å². The third kappa shape index (κ3) is 3.98. The third-order valence-corrected chi connectivity index (χ3v) is 2.68. The van der Waals surface area contributed by atoms with Gasteiger partial charge in [0.05, 0.1) is 5.00 Å². The Morgan fingerprint density at radius 1 is 1.33 bits per heavy atom. The minimum absolute atomic E-state index is 0. The molecule has 3 heteroatoms. The summed E-state index contributed by atoms with van der Waals surface area (Å²) in [5.41, 5.74) is 5.60. The molecule has 2 N–H and O–H groups in total. The van der Waals surface area contributed by atoms with Gasteiger partial charge in [0.1, 0.15) is 0 Å². The number of unbranched alkanes of at least 4 members (excludes halogenated alkanes) is 2. The lowest BCUT2D eigenvalue weighted by Crippen LogP contribution is -1.79. The highest BCUT2D eigenvalue weighted by molar-refractivity contribution is 7.15. The van der Waals surface area contributed by atoms with Gasteiger partial charge in [-0.3, -0.25) is 0 Å². The van der Waals surface area contributed by atoms with Gasteiger partial charge in [0.2, 0.25) is 0 Å². The van der Waals surface area contributed by atoms with Crippen molar-refractivity contribution in [1.29, 1.82) is 0 Å². The number of rotatable bonds is 4. The molecule has 0 amide bonds. The quantitative estimate of drug-likeness (QED) is 0.749. The molecule has 1 nitrogen and oxygen atoms in total. The zero-order valence-electron chi connectivity index (χ0n) is 7.38. The fourth-order valence-electron chi connectivity index (χ4n) is 1.08. The van der Waals surface area contributed by atoms with Crippen molar-refractivity contribution in [3.8, 4) is 0 Å². The Morgan fingerprint density at radius 2 is 2.08 bits per heavy atom. The largest absolute Gasteiger partial charge is 0.391 e. The molecular weight excluding hydrogens is 190 g/mol. The van der Waals surface area contributed by atoms with Gasteiger partial charge < -0.3 is 5.73 Å². The van der Waals surface area contributed by atoms with Gasteiger partial charge in [-0.1, -0.05) is 19.8 Å². The average molecular weight is 206 g/mol. The maximum absolute atomic E-state index is 5.60. The lowest BCUT2D eigenvalue weighted by atomic mass is 10.2. The lowest BCUT2D eigenvalue weighted by Gasteiger charge is -1.93. The molecule has 0 radical (unpaired) electrons. The standard InChI is InChI=1S/C9H15NS.ClH/c1-2-3-4-5-8-6-7-9(10)11-8;/h6-7H,2-5,10H2,1H3;1H. The van der Waals surface area contributed by atoms with Crippen molar-refractivity contribution in [1.82, 2.24) is 0 Å². The number of anilines is 1. The van der Waals surface area contributed by atoms with E-state index in [4.69, 9.17) is 5.73 Å². The van der Waals surface area contributed by atoms with E-state index >= 15 is 0 Å². The maximum atomic E-state index is 5.60. The van der Waals surface area contributed by atoms with Crippen molar-refractivity contribution in [2.24, 2.45) is 0 Å². The normalized spacial score (nSPS) is 9.42. The first-order valence-electron chi connectivity index (χ1n) is 4.17. The summed E-state index contributed by atoms with van der Waals surface area (Å²) in [5, 5.41) is 0.941. The highest BCUT2D eigenvalue weighted by atomic mass is 35.5. The van der Waals surface area contributed by atoms with Gasteiger partial charge in [0.25, 0.3) is 0 Å². The fraction of sp³-hybridized carbons (Fsp3) is 0.556. The summed E-state index contributed by atoms with van der Waals surface area (Å²) in [4.78, 5) is 1.43. The van der Waals surface area contributed by atoms with Gasteiger partial charge in [0, 0.05) is 4.88 Å². The van der Waals surface area contributed by atoms with Crippen LogP contribution in [0.3, 0.4) is 0 Å². The van der Waals surface area contributed by atoms with Gasteiger partial charge >= 0.3 is 0 Å². The van der Waals surface area contributed by atoms with Crippen LogP contribution in [0.5, 0.6) is 0 Å². The SMILES string of the molecule is CCCCCc1ccc(N)s1.Cl. The maximum Gasteiger partial charge on any atom is 0.0859 e. The first kappa shape index (κ1) is 11.8. The van der Waals surface area contributed by atoms with E-state index in [0.29, 0.717) is 0 Å². The van der Waals surface area contributed by atoms with Crippen LogP contribution in [0.4, 0.5) is 5.00 Å². The Bertz CT molecular complexity index is 210. The predicted molar refractivity (Wildman–Crippen MR) is 59.2 cm³/mol. The molecule has 1 aromatic heterocycles. The summed E-state index contributed by atoms with van der Waals surface area (Å²) in [6.07, 6.45) is 5.13. The van der Waals surface area contributed by atoms with E-state index in [9.17, 15) is 0 Å². The summed E-state index contributed by atoms with van der Waals surface area (Å²) in [5.74, 6) is 0.